The predicted octanol–water partition coefficient (Wildman–Crippen LogP) is 2.27. The van der Waals surface area contributed by atoms with Crippen molar-refractivity contribution in [3.63, 3.8) is 0 Å². The summed E-state index contributed by atoms with van der Waals surface area (Å²) < 4.78 is 10.9. The van der Waals surface area contributed by atoms with Gasteiger partial charge in [0.1, 0.15) is 5.76 Å². The van der Waals surface area contributed by atoms with Gasteiger partial charge in [-0.15, -0.1) is 0 Å². The highest BCUT2D eigenvalue weighted by molar-refractivity contribution is 9.10. The van der Waals surface area contributed by atoms with Crippen molar-refractivity contribution in [2.24, 2.45) is 0 Å². The van der Waals surface area contributed by atoms with Crippen molar-refractivity contribution in [2.75, 3.05) is 20.3 Å². The van der Waals surface area contributed by atoms with Crippen LogP contribution >= 0.6 is 15.9 Å². The van der Waals surface area contributed by atoms with Gasteiger partial charge in [-0.05, 0) is 35.0 Å². The van der Waals surface area contributed by atoms with Crippen molar-refractivity contribution >= 4 is 15.9 Å². The quantitative estimate of drug-likeness (QED) is 0.632. The van der Waals surface area contributed by atoms with Gasteiger partial charge < -0.3 is 9.15 Å². The van der Waals surface area contributed by atoms with Crippen LogP contribution in [0.15, 0.2) is 21.2 Å². The maximum atomic E-state index is 5.35. The first kappa shape index (κ1) is 11.7. The van der Waals surface area contributed by atoms with Gasteiger partial charge in [0.25, 0.3) is 0 Å². The predicted molar refractivity (Wildman–Crippen MR) is 55.8 cm³/mol. The smallest absolute Gasteiger partial charge is 0.169 e. The third-order valence-corrected chi connectivity index (χ3v) is 2.10. The van der Waals surface area contributed by atoms with E-state index in [-0.39, 0.29) is 6.04 Å². The molecule has 0 saturated heterocycles. The second-order valence-corrected chi connectivity index (χ2v) is 3.60. The van der Waals surface area contributed by atoms with E-state index >= 15 is 0 Å². The van der Waals surface area contributed by atoms with E-state index in [4.69, 9.17) is 14.0 Å². The monoisotopic (exact) mass is 263 g/mol. The van der Waals surface area contributed by atoms with Crippen LogP contribution in [0.5, 0.6) is 0 Å². The molecule has 0 aliphatic carbocycles. The largest absolute Gasteiger partial charge is 0.453 e. The average Bonchev–Trinajstić information content (AvgIpc) is 2.59. The standard InChI is InChI=1S/C9H14BrNO3/c1-7(11-13-6-5-12-2)8-3-4-9(10)14-8/h3-4,7,11H,5-6H2,1-2H3. The molecule has 1 aromatic heterocycles. The lowest BCUT2D eigenvalue weighted by Crippen LogP contribution is -2.20. The van der Waals surface area contributed by atoms with Gasteiger partial charge >= 0.3 is 0 Å². The number of rotatable bonds is 6. The normalized spacial score (nSPS) is 13.1. The Morgan fingerprint density at radius 1 is 1.50 bits per heavy atom. The lowest BCUT2D eigenvalue weighted by atomic mass is 10.3. The van der Waals surface area contributed by atoms with Crippen LogP contribution in [-0.4, -0.2) is 20.3 Å². The number of hydrogen-bond acceptors (Lipinski definition) is 4. The SMILES string of the molecule is COCCONC(C)c1ccc(Br)o1. The van der Waals surface area contributed by atoms with Gasteiger partial charge in [-0.25, -0.2) is 0 Å². The van der Waals surface area contributed by atoms with Crippen molar-refractivity contribution in [1.29, 1.82) is 0 Å². The number of hydroxylamine groups is 1. The zero-order valence-electron chi connectivity index (χ0n) is 8.25. The van der Waals surface area contributed by atoms with Gasteiger partial charge in [0.2, 0.25) is 0 Å². The molecule has 0 aliphatic heterocycles. The Morgan fingerprint density at radius 3 is 2.86 bits per heavy atom. The third-order valence-electron chi connectivity index (χ3n) is 1.67. The summed E-state index contributed by atoms with van der Waals surface area (Å²) in [6.07, 6.45) is 0. The number of halogens is 1. The minimum atomic E-state index is 0.0261. The zero-order valence-corrected chi connectivity index (χ0v) is 9.83. The van der Waals surface area contributed by atoms with Crippen LogP contribution in [0.3, 0.4) is 0 Å². The Balaban J connectivity index is 2.25. The molecule has 1 N–H and O–H groups in total. The fourth-order valence-corrected chi connectivity index (χ4v) is 1.25. The number of ether oxygens (including phenoxy) is 1. The van der Waals surface area contributed by atoms with Crippen LogP contribution in [-0.2, 0) is 9.57 Å². The molecule has 0 fully saturated rings. The average molecular weight is 264 g/mol. The molecule has 1 rings (SSSR count). The van der Waals surface area contributed by atoms with E-state index in [1.807, 2.05) is 19.1 Å². The van der Waals surface area contributed by atoms with Crippen molar-refractivity contribution in [3.05, 3.63) is 22.6 Å². The summed E-state index contributed by atoms with van der Waals surface area (Å²) in [6, 6.07) is 3.77. The molecule has 1 unspecified atom stereocenters. The Bertz CT molecular complexity index is 264. The number of methoxy groups -OCH3 is 1. The Labute approximate surface area is 91.6 Å². The van der Waals surface area contributed by atoms with Gasteiger partial charge in [0.05, 0.1) is 19.3 Å². The molecule has 5 heteroatoms. The van der Waals surface area contributed by atoms with E-state index in [9.17, 15) is 0 Å². The van der Waals surface area contributed by atoms with Gasteiger partial charge in [-0.1, -0.05) is 0 Å². The summed E-state index contributed by atoms with van der Waals surface area (Å²) >= 11 is 3.24. The van der Waals surface area contributed by atoms with Gasteiger partial charge in [-0.2, -0.15) is 5.48 Å². The molecular weight excluding hydrogens is 250 g/mol. The molecule has 1 aromatic rings. The first-order chi connectivity index (χ1) is 6.74. The summed E-state index contributed by atoms with van der Waals surface area (Å²) in [5.74, 6) is 0.828. The maximum absolute atomic E-state index is 5.35. The van der Waals surface area contributed by atoms with Crippen molar-refractivity contribution in [1.82, 2.24) is 5.48 Å². The van der Waals surface area contributed by atoms with Crippen molar-refractivity contribution < 1.29 is 14.0 Å². The highest BCUT2D eigenvalue weighted by Gasteiger charge is 2.08. The van der Waals surface area contributed by atoms with Gasteiger partial charge in [-0.3, -0.25) is 4.84 Å². The van der Waals surface area contributed by atoms with E-state index in [0.717, 1.165) is 10.4 Å². The van der Waals surface area contributed by atoms with Crippen LogP contribution in [0.4, 0.5) is 0 Å². The third kappa shape index (κ3) is 3.79. The fourth-order valence-electron chi connectivity index (χ4n) is 0.928. The molecule has 0 aromatic carbocycles. The molecule has 14 heavy (non-hydrogen) atoms. The molecular formula is C9H14BrNO3. The van der Waals surface area contributed by atoms with E-state index < -0.39 is 0 Å². The molecule has 0 radical (unpaired) electrons. The molecule has 0 saturated carbocycles. The molecule has 0 bridgehead atoms. The van der Waals surface area contributed by atoms with Crippen molar-refractivity contribution in [3.8, 4) is 0 Å². The second-order valence-electron chi connectivity index (χ2n) is 2.82. The molecule has 0 aliphatic rings. The van der Waals surface area contributed by atoms with Gasteiger partial charge in [0, 0.05) is 7.11 Å². The minimum absolute atomic E-state index is 0.0261. The fraction of sp³-hybridized carbons (Fsp3) is 0.556. The van der Waals surface area contributed by atoms with Crippen LogP contribution < -0.4 is 5.48 Å². The number of hydrogen-bond donors (Lipinski definition) is 1. The first-order valence-corrected chi connectivity index (χ1v) is 5.15. The Hall–Kier alpha value is -0.360. The number of furan rings is 1. The van der Waals surface area contributed by atoms with E-state index in [2.05, 4.69) is 21.4 Å². The molecule has 1 heterocycles. The molecule has 1 atom stereocenters. The van der Waals surface area contributed by atoms with Crippen LogP contribution in [0.2, 0.25) is 0 Å². The molecule has 0 amide bonds. The number of nitrogens with one attached hydrogen (secondary N) is 1. The topological polar surface area (TPSA) is 43.6 Å². The highest BCUT2D eigenvalue weighted by Crippen LogP contribution is 2.19. The second kappa shape index (κ2) is 6.19. The molecule has 80 valence electrons. The Morgan fingerprint density at radius 2 is 2.29 bits per heavy atom. The first-order valence-electron chi connectivity index (χ1n) is 4.35. The van der Waals surface area contributed by atoms with Crippen LogP contribution in [0, 0.1) is 0 Å². The summed E-state index contributed by atoms with van der Waals surface area (Å²) in [5, 5.41) is 0. The highest BCUT2D eigenvalue weighted by atomic mass is 79.9. The molecule has 0 spiro atoms. The van der Waals surface area contributed by atoms with E-state index in [1.165, 1.54) is 0 Å². The summed E-state index contributed by atoms with van der Waals surface area (Å²) in [7, 11) is 1.64. The lowest BCUT2D eigenvalue weighted by Gasteiger charge is -2.10. The summed E-state index contributed by atoms with van der Waals surface area (Å²) in [6.45, 7) is 3.04. The van der Waals surface area contributed by atoms with Gasteiger partial charge in [0.15, 0.2) is 4.67 Å². The van der Waals surface area contributed by atoms with E-state index in [0.29, 0.717) is 13.2 Å². The molecule has 4 nitrogen and oxygen atoms in total. The van der Waals surface area contributed by atoms with Crippen LogP contribution in [0.25, 0.3) is 0 Å². The Kier molecular flexibility index (Phi) is 5.17. The van der Waals surface area contributed by atoms with Crippen molar-refractivity contribution in [2.45, 2.75) is 13.0 Å². The van der Waals surface area contributed by atoms with Crippen LogP contribution in [0.1, 0.15) is 18.7 Å². The summed E-state index contributed by atoms with van der Waals surface area (Å²) in [4.78, 5) is 5.15. The zero-order chi connectivity index (χ0) is 10.4. The minimum Gasteiger partial charge on any atom is -0.453 e. The lowest BCUT2D eigenvalue weighted by molar-refractivity contribution is -0.0127. The van der Waals surface area contributed by atoms with E-state index in [1.54, 1.807) is 7.11 Å². The summed E-state index contributed by atoms with van der Waals surface area (Å²) in [5.41, 5.74) is 2.85. The maximum Gasteiger partial charge on any atom is 0.169 e.